The van der Waals surface area contributed by atoms with Crippen molar-refractivity contribution >= 4 is 11.9 Å². The average molecular weight is 487 g/mol. The van der Waals surface area contributed by atoms with E-state index < -0.39 is 24.5 Å². The van der Waals surface area contributed by atoms with Gasteiger partial charge in [-0.3, -0.25) is 0 Å². The second-order valence-electron chi connectivity index (χ2n) is 7.50. The van der Waals surface area contributed by atoms with E-state index in [9.17, 15) is 9.59 Å². The van der Waals surface area contributed by atoms with Gasteiger partial charge in [0.05, 0.1) is 0 Å². The van der Waals surface area contributed by atoms with Gasteiger partial charge >= 0.3 is 11.9 Å². The third kappa shape index (κ3) is 10.2. The number of ether oxygens (including phenoxy) is 4. The maximum Gasteiger partial charge on any atom is 0.333 e. The molecule has 0 aliphatic rings. The Bertz CT molecular complexity index is 1050. The Kier molecular flexibility index (Phi) is 12.0. The molecule has 0 amide bonds. The summed E-state index contributed by atoms with van der Waals surface area (Å²) in [5.74, 6) is 11.7. The monoisotopic (exact) mass is 486 g/mol. The zero-order valence-corrected chi connectivity index (χ0v) is 20.6. The van der Waals surface area contributed by atoms with Crippen LogP contribution in [0.25, 0.3) is 0 Å². The molecule has 0 saturated carbocycles. The van der Waals surface area contributed by atoms with Crippen LogP contribution < -0.4 is 9.47 Å². The molecular weight excluding hydrogens is 456 g/mol. The van der Waals surface area contributed by atoms with Crippen LogP contribution in [0.5, 0.6) is 11.5 Å². The first-order chi connectivity index (χ1) is 17.5. The van der Waals surface area contributed by atoms with Gasteiger partial charge in [-0.15, -0.1) is 0 Å². The highest BCUT2D eigenvalue weighted by Crippen LogP contribution is 2.17. The van der Waals surface area contributed by atoms with Gasteiger partial charge in [-0.2, -0.15) is 0 Å². The van der Waals surface area contributed by atoms with Crippen molar-refractivity contribution in [1.82, 2.24) is 0 Å². The Morgan fingerprint density at radius 3 is 1.39 bits per heavy atom. The van der Waals surface area contributed by atoms with E-state index in [4.69, 9.17) is 18.9 Å². The van der Waals surface area contributed by atoms with Crippen molar-refractivity contribution < 1.29 is 28.5 Å². The molecule has 0 spiro atoms. The van der Waals surface area contributed by atoms with Crippen LogP contribution in [0.15, 0.2) is 73.8 Å². The summed E-state index contributed by atoms with van der Waals surface area (Å²) < 4.78 is 21.9. The summed E-state index contributed by atoms with van der Waals surface area (Å²) >= 11 is 0. The molecule has 186 valence electrons. The summed E-state index contributed by atoms with van der Waals surface area (Å²) in [7, 11) is 0. The zero-order valence-electron chi connectivity index (χ0n) is 20.6. The first kappa shape index (κ1) is 27.8. The normalized spacial score (nSPS) is 11.3. The highest BCUT2D eigenvalue weighted by molar-refractivity contribution is 5.81. The smallest absolute Gasteiger partial charge is 0.333 e. The van der Waals surface area contributed by atoms with Gasteiger partial charge in [0.1, 0.15) is 11.5 Å². The van der Waals surface area contributed by atoms with Gasteiger partial charge in [-0.1, -0.05) is 38.8 Å². The Hall–Kier alpha value is -4.42. The van der Waals surface area contributed by atoms with Crippen molar-refractivity contribution in [1.29, 1.82) is 0 Å². The minimum Gasteiger partial charge on any atom is -0.455 e. The van der Waals surface area contributed by atoms with Gasteiger partial charge in [0.25, 0.3) is 0 Å². The fraction of sp³-hybridized carbons (Fsp3) is 0.267. The Balaban J connectivity index is 1.94. The second-order valence-corrected chi connectivity index (χ2v) is 7.50. The van der Waals surface area contributed by atoms with Gasteiger partial charge in [0, 0.05) is 36.1 Å². The van der Waals surface area contributed by atoms with Crippen LogP contribution in [0, 0.1) is 23.7 Å². The van der Waals surface area contributed by atoms with Crippen LogP contribution in [-0.4, -0.2) is 24.5 Å². The van der Waals surface area contributed by atoms with Gasteiger partial charge in [-0.05, 0) is 73.2 Å². The highest BCUT2D eigenvalue weighted by atomic mass is 16.7. The minimum absolute atomic E-state index is 0.522. The molecule has 0 aliphatic heterocycles. The van der Waals surface area contributed by atoms with Crippen molar-refractivity contribution in [3.63, 3.8) is 0 Å². The summed E-state index contributed by atoms with van der Waals surface area (Å²) in [5.41, 5.74) is 1.54. The molecule has 6 heteroatoms. The summed E-state index contributed by atoms with van der Waals surface area (Å²) in [6.45, 7) is 10.8. The Morgan fingerprint density at radius 1 is 0.722 bits per heavy atom. The van der Waals surface area contributed by atoms with Gasteiger partial charge in [0.2, 0.25) is 12.6 Å². The molecular formula is C30H30O6. The first-order valence-corrected chi connectivity index (χ1v) is 11.7. The number of rotatable bonds is 12. The topological polar surface area (TPSA) is 71.1 Å². The molecule has 0 saturated heterocycles. The molecule has 0 bridgehead atoms. The molecule has 0 heterocycles. The lowest BCUT2D eigenvalue weighted by Crippen LogP contribution is -2.23. The summed E-state index contributed by atoms with van der Waals surface area (Å²) in [6, 6.07) is 14.3. The maximum atomic E-state index is 11.4. The molecule has 2 unspecified atom stereocenters. The SMILES string of the molecule is C=CC(=O)OC(CCC)Oc1ccc(C#CC#Cc2ccc(OC(CCC)OC(=O)C=C)cc2)cc1. The number of carbonyl (C=O) groups is 2. The molecule has 2 rings (SSSR count). The van der Waals surface area contributed by atoms with Crippen LogP contribution in [0.1, 0.15) is 50.7 Å². The predicted octanol–water partition coefficient (Wildman–Crippen LogP) is 5.56. The van der Waals surface area contributed by atoms with Crippen LogP contribution in [-0.2, 0) is 19.1 Å². The van der Waals surface area contributed by atoms with Crippen LogP contribution in [0.2, 0.25) is 0 Å². The van der Waals surface area contributed by atoms with E-state index >= 15 is 0 Å². The van der Waals surface area contributed by atoms with E-state index in [-0.39, 0.29) is 0 Å². The predicted molar refractivity (Wildman–Crippen MR) is 138 cm³/mol. The molecule has 6 nitrogen and oxygen atoms in total. The lowest BCUT2D eigenvalue weighted by molar-refractivity contribution is -0.159. The molecule has 0 radical (unpaired) electrons. The van der Waals surface area contributed by atoms with Gasteiger partial charge in [0.15, 0.2) is 0 Å². The zero-order chi connectivity index (χ0) is 26.2. The summed E-state index contributed by atoms with van der Waals surface area (Å²) in [5, 5.41) is 0. The molecule has 0 aromatic heterocycles. The maximum absolute atomic E-state index is 11.4. The molecule has 0 N–H and O–H groups in total. The molecule has 2 aromatic rings. The largest absolute Gasteiger partial charge is 0.455 e. The molecule has 2 atom stereocenters. The number of esters is 2. The third-order valence-electron chi connectivity index (χ3n) is 4.60. The van der Waals surface area contributed by atoms with E-state index in [1.807, 2.05) is 13.8 Å². The highest BCUT2D eigenvalue weighted by Gasteiger charge is 2.14. The average Bonchev–Trinajstić information content (AvgIpc) is 2.88. The Labute approximate surface area is 212 Å². The second kappa shape index (κ2) is 15.5. The van der Waals surface area contributed by atoms with Gasteiger partial charge in [-0.25, -0.2) is 9.59 Å². The summed E-state index contributed by atoms with van der Waals surface area (Å²) in [6.07, 6.45) is 3.65. The van der Waals surface area contributed by atoms with Crippen LogP contribution in [0.4, 0.5) is 0 Å². The number of hydrogen-bond acceptors (Lipinski definition) is 6. The van der Waals surface area contributed by atoms with E-state index in [1.165, 1.54) is 0 Å². The van der Waals surface area contributed by atoms with E-state index in [0.29, 0.717) is 24.3 Å². The minimum atomic E-state index is -0.667. The fourth-order valence-corrected chi connectivity index (χ4v) is 2.85. The standard InChI is InChI=1S/C30H30O6/c1-5-11-29(35-27(31)7-3)33-25-19-15-23(16-20-25)13-9-10-14-24-17-21-26(22-18-24)34-30(12-6-2)36-28(32)8-4/h7-8,15-22,29-30H,3-6,11-12H2,1-2H3. The number of benzene rings is 2. The van der Waals surface area contributed by atoms with E-state index in [2.05, 4.69) is 36.8 Å². The van der Waals surface area contributed by atoms with Crippen molar-refractivity contribution in [2.24, 2.45) is 0 Å². The fourth-order valence-electron chi connectivity index (χ4n) is 2.85. The number of hydrogen-bond donors (Lipinski definition) is 0. The van der Waals surface area contributed by atoms with Crippen molar-refractivity contribution in [3.8, 4) is 35.2 Å². The van der Waals surface area contributed by atoms with Crippen molar-refractivity contribution in [3.05, 3.63) is 85.0 Å². The number of carbonyl (C=O) groups excluding carboxylic acids is 2. The molecule has 36 heavy (non-hydrogen) atoms. The lowest BCUT2D eigenvalue weighted by atomic mass is 10.2. The van der Waals surface area contributed by atoms with E-state index in [1.54, 1.807) is 48.5 Å². The Morgan fingerprint density at radius 2 is 1.08 bits per heavy atom. The first-order valence-electron chi connectivity index (χ1n) is 11.7. The molecule has 0 aliphatic carbocycles. The van der Waals surface area contributed by atoms with Crippen molar-refractivity contribution in [2.75, 3.05) is 0 Å². The molecule has 0 fully saturated rings. The van der Waals surface area contributed by atoms with Crippen molar-refractivity contribution in [2.45, 2.75) is 52.1 Å². The quantitative estimate of drug-likeness (QED) is 0.169. The van der Waals surface area contributed by atoms with Crippen LogP contribution >= 0.6 is 0 Å². The molecule has 2 aromatic carbocycles. The summed E-state index contributed by atoms with van der Waals surface area (Å²) in [4.78, 5) is 22.9. The third-order valence-corrected chi connectivity index (χ3v) is 4.60. The lowest BCUT2D eigenvalue weighted by Gasteiger charge is -2.18. The van der Waals surface area contributed by atoms with E-state index in [0.717, 1.165) is 36.1 Å². The van der Waals surface area contributed by atoms with Crippen LogP contribution in [0.3, 0.4) is 0 Å². The van der Waals surface area contributed by atoms with Gasteiger partial charge < -0.3 is 18.9 Å².